The summed E-state index contributed by atoms with van der Waals surface area (Å²) in [5.74, 6) is 1.06. The van der Waals surface area contributed by atoms with Crippen molar-refractivity contribution in [3.05, 3.63) is 64.0 Å². The summed E-state index contributed by atoms with van der Waals surface area (Å²) in [6.45, 7) is 3.54. The van der Waals surface area contributed by atoms with Crippen LogP contribution in [0.1, 0.15) is 23.7 Å². The minimum atomic E-state index is -4.42. The topological polar surface area (TPSA) is 87.7 Å². The molecule has 0 aliphatic carbocycles. The van der Waals surface area contributed by atoms with Gasteiger partial charge in [-0.3, -0.25) is 0 Å². The van der Waals surface area contributed by atoms with Gasteiger partial charge < -0.3 is 19.9 Å². The van der Waals surface area contributed by atoms with Crippen molar-refractivity contribution in [2.45, 2.75) is 26.1 Å². The van der Waals surface area contributed by atoms with E-state index in [2.05, 4.69) is 15.3 Å². The van der Waals surface area contributed by atoms with Gasteiger partial charge in [0.2, 0.25) is 0 Å². The molecule has 1 N–H and O–H groups in total. The molecule has 2 aliphatic rings. The highest BCUT2D eigenvalue weighted by molar-refractivity contribution is 7.94. The maximum Gasteiger partial charge on any atom is 0.416 e. The SMILES string of the molecule is CCOc1nc2c(c(Nc3ccc(C(F)(F)F)cc3)n1)CCN(C1=C(S(C)(=O)=O)C=CCN1C)C2. The summed E-state index contributed by atoms with van der Waals surface area (Å²) in [5.41, 5.74) is 1.18. The fourth-order valence-electron chi connectivity index (χ4n) is 4.12. The lowest BCUT2D eigenvalue weighted by atomic mass is 10.0. The smallest absolute Gasteiger partial charge is 0.416 e. The van der Waals surface area contributed by atoms with Gasteiger partial charge in [0, 0.05) is 37.6 Å². The number of aromatic nitrogens is 2. The van der Waals surface area contributed by atoms with E-state index in [-0.39, 0.29) is 10.9 Å². The standard InChI is InChI=1S/C23H26F3N5O3S/c1-4-34-22-28-18-14-31(21-19(35(3,32)33)6-5-12-30(21)2)13-11-17(18)20(29-22)27-16-9-7-15(8-10-16)23(24,25)26/h5-10H,4,11-14H2,1-3H3,(H,27,28,29). The summed E-state index contributed by atoms with van der Waals surface area (Å²) in [6, 6.07) is 4.84. The van der Waals surface area contributed by atoms with E-state index in [0.29, 0.717) is 55.7 Å². The number of fused-ring (bicyclic) bond motifs is 1. The molecule has 0 atom stereocenters. The van der Waals surface area contributed by atoms with Crippen LogP contribution in [-0.4, -0.2) is 61.2 Å². The molecule has 12 heteroatoms. The number of hydrogen-bond donors (Lipinski definition) is 1. The highest BCUT2D eigenvalue weighted by Gasteiger charge is 2.31. The Kier molecular flexibility index (Phi) is 6.67. The zero-order chi connectivity index (χ0) is 25.4. The molecule has 35 heavy (non-hydrogen) atoms. The van der Waals surface area contributed by atoms with Crippen LogP contribution in [0.2, 0.25) is 0 Å². The molecular weight excluding hydrogens is 483 g/mol. The fourth-order valence-corrected chi connectivity index (χ4v) is 5.08. The van der Waals surface area contributed by atoms with Crippen LogP contribution >= 0.6 is 0 Å². The molecule has 3 heterocycles. The maximum atomic E-state index is 12.9. The Balaban J connectivity index is 1.69. The molecule has 0 bridgehead atoms. The summed E-state index contributed by atoms with van der Waals surface area (Å²) in [5, 5.41) is 3.10. The van der Waals surface area contributed by atoms with Gasteiger partial charge in [0.05, 0.1) is 24.4 Å². The molecule has 0 saturated carbocycles. The number of allylic oxidation sites excluding steroid dienone is 1. The van der Waals surface area contributed by atoms with Crippen LogP contribution in [-0.2, 0) is 29.0 Å². The molecule has 0 spiro atoms. The maximum absolute atomic E-state index is 12.9. The number of hydrogen-bond acceptors (Lipinski definition) is 8. The van der Waals surface area contributed by atoms with Gasteiger partial charge in [-0.15, -0.1) is 0 Å². The van der Waals surface area contributed by atoms with Gasteiger partial charge in [0.1, 0.15) is 16.5 Å². The number of likely N-dealkylation sites (N-methyl/N-ethyl adjacent to an activating group) is 1. The van der Waals surface area contributed by atoms with Crippen LogP contribution < -0.4 is 10.1 Å². The van der Waals surface area contributed by atoms with E-state index in [4.69, 9.17) is 4.74 Å². The number of rotatable bonds is 6. The monoisotopic (exact) mass is 509 g/mol. The van der Waals surface area contributed by atoms with Crippen LogP contribution in [0.5, 0.6) is 6.01 Å². The Morgan fingerprint density at radius 3 is 2.51 bits per heavy atom. The molecule has 188 valence electrons. The zero-order valence-electron chi connectivity index (χ0n) is 19.6. The lowest BCUT2D eigenvalue weighted by molar-refractivity contribution is -0.137. The van der Waals surface area contributed by atoms with Gasteiger partial charge in [-0.25, -0.2) is 8.42 Å². The Morgan fingerprint density at radius 1 is 1.17 bits per heavy atom. The van der Waals surface area contributed by atoms with Crippen LogP contribution in [0.3, 0.4) is 0 Å². The normalized spacial score (nSPS) is 16.4. The van der Waals surface area contributed by atoms with E-state index in [1.165, 1.54) is 18.4 Å². The number of anilines is 2. The quantitative estimate of drug-likeness (QED) is 0.631. The van der Waals surface area contributed by atoms with Crippen molar-refractivity contribution in [1.29, 1.82) is 0 Å². The predicted octanol–water partition coefficient (Wildman–Crippen LogP) is 3.71. The van der Waals surface area contributed by atoms with Gasteiger partial charge >= 0.3 is 12.2 Å². The molecule has 0 radical (unpaired) electrons. The van der Waals surface area contributed by atoms with Gasteiger partial charge in [-0.2, -0.15) is 23.1 Å². The van der Waals surface area contributed by atoms with E-state index in [0.717, 1.165) is 17.7 Å². The van der Waals surface area contributed by atoms with Gasteiger partial charge in [0.25, 0.3) is 0 Å². The molecular formula is C23H26F3N5O3S. The van der Waals surface area contributed by atoms with Crippen LogP contribution in [0.4, 0.5) is 24.7 Å². The first-order valence-electron chi connectivity index (χ1n) is 11.0. The van der Waals surface area contributed by atoms with Crippen molar-refractivity contribution in [3.63, 3.8) is 0 Å². The second-order valence-electron chi connectivity index (χ2n) is 8.33. The van der Waals surface area contributed by atoms with E-state index >= 15 is 0 Å². The van der Waals surface area contributed by atoms with Crippen LogP contribution in [0, 0.1) is 0 Å². The second-order valence-corrected chi connectivity index (χ2v) is 10.3. The van der Waals surface area contributed by atoms with E-state index < -0.39 is 21.6 Å². The number of benzene rings is 1. The molecule has 0 fully saturated rings. The number of ether oxygens (including phenoxy) is 1. The molecule has 0 saturated heterocycles. The van der Waals surface area contributed by atoms with Crippen molar-refractivity contribution in [1.82, 2.24) is 19.8 Å². The minimum Gasteiger partial charge on any atom is -0.464 e. The number of halogens is 3. The third kappa shape index (κ3) is 5.37. The fraction of sp³-hybridized carbons (Fsp3) is 0.391. The van der Waals surface area contributed by atoms with Crippen LogP contribution in [0.25, 0.3) is 0 Å². The minimum absolute atomic E-state index is 0.136. The van der Waals surface area contributed by atoms with Gasteiger partial charge in [-0.05, 0) is 43.7 Å². The average molecular weight is 510 g/mol. The average Bonchev–Trinajstić information content (AvgIpc) is 2.78. The summed E-state index contributed by atoms with van der Waals surface area (Å²) < 4.78 is 69.1. The van der Waals surface area contributed by atoms with Gasteiger partial charge in [0.15, 0.2) is 9.84 Å². The van der Waals surface area contributed by atoms with Crippen molar-refractivity contribution in [2.24, 2.45) is 0 Å². The molecule has 0 unspecified atom stereocenters. The second kappa shape index (κ2) is 9.40. The van der Waals surface area contributed by atoms with Crippen molar-refractivity contribution >= 4 is 21.3 Å². The lowest BCUT2D eigenvalue weighted by Gasteiger charge is -2.38. The lowest BCUT2D eigenvalue weighted by Crippen LogP contribution is -2.40. The van der Waals surface area contributed by atoms with E-state index in [1.807, 2.05) is 16.8 Å². The number of alkyl halides is 3. The Bertz CT molecular complexity index is 1270. The summed E-state index contributed by atoms with van der Waals surface area (Å²) >= 11 is 0. The molecule has 1 aromatic carbocycles. The first kappa shape index (κ1) is 24.8. The Hall–Kier alpha value is -3.28. The largest absolute Gasteiger partial charge is 0.464 e. The highest BCUT2D eigenvalue weighted by atomic mass is 32.2. The number of nitrogens with one attached hydrogen (secondary N) is 1. The summed E-state index contributed by atoms with van der Waals surface area (Å²) in [4.78, 5) is 13.1. The Morgan fingerprint density at radius 2 is 1.89 bits per heavy atom. The molecule has 4 rings (SSSR count). The summed E-state index contributed by atoms with van der Waals surface area (Å²) in [7, 11) is -1.62. The van der Waals surface area contributed by atoms with E-state index in [9.17, 15) is 21.6 Å². The third-order valence-electron chi connectivity index (χ3n) is 5.72. The zero-order valence-corrected chi connectivity index (χ0v) is 20.4. The molecule has 0 amide bonds. The van der Waals surface area contributed by atoms with Crippen LogP contribution in [0.15, 0.2) is 47.1 Å². The first-order valence-corrected chi connectivity index (χ1v) is 12.9. The van der Waals surface area contributed by atoms with Crippen molar-refractivity contribution in [3.8, 4) is 6.01 Å². The van der Waals surface area contributed by atoms with Gasteiger partial charge in [-0.1, -0.05) is 6.08 Å². The highest BCUT2D eigenvalue weighted by Crippen LogP contribution is 2.34. The van der Waals surface area contributed by atoms with E-state index in [1.54, 1.807) is 19.1 Å². The Labute approximate surface area is 202 Å². The molecule has 2 aliphatic heterocycles. The summed E-state index contributed by atoms with van der Waals surface area (Å²) in [6.07, 6.45) is 0.704. The van der Waals surface area contributed by atoms with Crippen molar-refractivity contribution < 1.29 is 26.3 Å². The molecule has 1 aromatic heterocycles. The first-order chi connectivity index (χ1) is 16.5. The number of nitrogens with zero attached hydrogens (tertiary/aromatic N) is 4. The predicted molar refractivity (Wildman–Crippen MR) is 126 cm³/mol. The third-order valence-corrected chi connectivity index (χ3v) is 6.84. The molecule has 2 aromatic rings. The molecule has 8 nitrogen and oxygen atoms in total. The number of sulfone groups is 1. The van der Waals surface area contributed by atoms with Crippen molar-refractivity contribution in [2.75, 3.05) is 38.3 Å².